The van der Waals surface area contributed by atoms with E-state index in [0.29, 0.717) is 12.0 Å². The molecule has 1 saturated heterocycles. The summed E-state index contributed by atoms with van der Waals surface area (Å²) in [5.74, 6) is 1.98. The van der Waals surface area contributed by atoms with Crippen molar-refractivity contribution in [3.05, 3.63) is 24.3 Å². The maximum atomic E-state index is 12.7. The molecule has 152 valence electrons. The Morgan fingerprint density at radius 2 is 1.96 bits per heavy atom. The van der Waals surface area contributed by atoms with Gasteiger partial charge in [0.1, 0.15) is 0 Å². The van der Waals surface area contributed by atoms with Gasteiger partial charge in [0, 0.05) is 25.7 Å². The Kier molecular flexibility index (Phi) is 5.88. The van der Waals surface area contributed by atoms with E-state index in [9.17, 15) is 4.79 Å². The average Bonchev–Trinajstić information content (AvgIpc) is 3.35. The first-order chi connectivity index (χ1) is 13.6. The molecular formula is C23H34N4O. The first kappa shape index (κ1) is 19.3. The van der Waals surface area contributed by atoms with Crippen molar-refractivity contribution in [2.24, 2.45) is 11.8 Å². The molecule has 1 aromatic heterocycles. The van der Waals surface area contributed by atoms with Gasteiger partial charge in [-0.1, -0.05) is 38.8 Å². The number of rotatable bonds is 6. The highest BCUT2D eigenvalue weighted by molar-refractivity contribution is 5.81. The molecule has 1 aliphatic carbocycles. The quantitative estimate of drug-likeness (QED) is 0.798. The lowest BCUT2D eigenvalue weighted by Gasteiger charge is -2.34. The van der Waals surface area contributed by atoms with Crippen LogP contribution >= 0.6 is 0 Å². The lowest BCUT2D eigenvalue weighted by molar-refractivity contribution is -0.125. The molecule has 4 rings (SSSR count). The predicted octanol–water partition coefficient (Wildman–Crippen LogP) is 4.53. The summed E-state index contributed by atoms with van der Waals surface area (Å²) >= 11 is 0. The average molecular weight is 383 g/mol. The monoisotopic (exact) mass is 382 g/mol. The lowest BCUT2D eigenvalue weighted by Crippen LogP contribution is -2.44. The van der Waals surface area contributed by atoms with Crippen molar-refractivity contribution >= 4 is 22.9 Å². The molecule has 1 aliphatic heterocycles. The molecule has 2 fully saturated rings. The summed E-state index contributed by atoms with van der Waals surface area (Å²) in [5.41, 5.74) is 2.32. The summed E-state index contributed by atoms with van der Waals surface area (Å²) in [7, 11) is 0. The molecule has 1 atom stereocenters. The van der Waals surface area contributed by atoms with E-state index in [-0.39, 0.29) is 11.8 Å². The van der Waals surface area contributed by atoms with Crippen molar-refractivity contribution < 1.29 is 4.79 Å². The van der Waals surface area contributed by atoms with Crippen LogP contribution in [0, 0.1) is 11.8 Å². The SMILES string of the molecule is CC(C)CCNC(=O)[C@@H]1CCCN(c2nc3ccccc3n2C2CCCC2)C1. The van der Waals surface area contributed by atoms with E-state index in [1.54, 1.807) is 0 Å². The molecule has 1 aromatic carbocycles. The minimum atomic E-state index is 0.0674. The van der Waals surface area contributed by atoms with Crippen molar-refractivity contribution in [3.63, 3.8) is 0 Å². The van der Waals surface area contributed by atoms with E-state index >= 15 is 0 Å². The van der Waals surface area contributed by atoms with Crippen molar-refractivity contribution in [1.29, 1.82) is 0 Å². The summed E-state index contributed by atoms with van der Waals surface area (Å²) in [6.45, 7) is 6.95. The molecular weight excluding hydrogens is 348 g/mol. The number of hydrogen-bond acceptors (Lipinski definition) is 3. The molecule has 5 nitrogen and oxygen atoms in total. The van der Waals surface area contributed by atoms with Gasteiger partial charge in [-0.15, -0.1) is 0 Å². The molecule has 1 saturated carbocycles. The zero-order valence-corrected chi connectivity index (χ0v) is 17.4. The van der Waals surface area contributed by atoms with Gasteiger partial charge in [0.2, 0.25) is 11.9 Å². The van der Waals surface area contributed by atoms with Gasteiger partial charge >= 0.3 is 0 Å². The van der Waals surface area contributed by atoms with Crippen LogP contribution in [0.4, 0.5) is 5.95 Å². The van der Waals surface area contributed by atoms with E-state index in [1.165, 1.54) is 31.2 Å². The maximum absolute atomic E-state index is 12.7. The fourth-order valence-corrected chi connectivity index (χ4v) is 4.78. The van der Waals surface area contributed by atoms with Crippen LogP contribution in [-0.2, 0) is 4.79 Å². The number of nitrogens with one attached hydrogen (secondary N) is 1. The Morgan fingerprint density at radius 1 is 1.18 bits per heavy atom. The molecule has 2 heterocycles. The van der Waals surface area contributed by atoms with Crippen molar-refractivity contribution in [1.82, 2.24) is 14.9 Å². The summed E-state index contributed by atoms with van der Waals surface area (Å²) in [6.07, 6.45) is 8.15. The second-order valence-electron chi connectivity index (χ2n) is 8.97. The van der Waals surface area contributed by atoms with Crippen molar-refractivity contribution in [2.75, 3.05) is 24.5 Å². The zero-order valence-electron chi connectivity index (χ0n) is 17.4. The number of carbonyl (C=O) groups excluding carboxylic acids is 1. The number of anilines is 1. The molecule has 1 N–H and O–H groups in total. The van der Waals surface area contributed by atoms with E-state index in [2.05, 4.69) is 52.9 Å². The number of hydrogen-bond donors (Lipinski definition) is 1. The number of aromatic nitrogens is 2. The molecule has 0 radical (unpaired) electrons. The van der Waals surface area contributed by atoms with Gasteiger partial charge in [-0.3, -0.25) is 4.79 Å². The maximum Gasteiger partial charge on any atom is 0.224 e. The third-order valence-electron chi connectivity index (χ3n) is 6.36. The second-order valence-corrected chi connectivity index (χ2v) is 8.97. The molecule has 28 heavy (non-hydrogen) atoms. The van der Waals surface area contributed by atoms with Gasteiger partial charge in [0.15, 0.2) is 0 Å². The van der Waals surface area contributed by atoms with Gasteiger partial charge in [-0.25, -0.2) is 4.98 Å². The summed E-state index contributed by atoms with van der Waals surface area (Å²) in [6, 6.07) is 9.04. The van der Waals surface area contributed by atoms with Crippen LogP contribution < -0.4 is 10.2 Å². The van der Waals surface area contributed by atoms with Gasteiger partial charge in [0.05, 0.1) is 17.0 Å². The Morgan fingerprint density at radius 3 is 2.75 bits per heavy atom. The third-order valence-corrected chi connectivity index (χ3v) is 6.36. The first-order valence-corrected chi connectivity index (χ1v) is 11.1. The highest BCUT2D eigenvalue weighted by Crippen LogP contribution is 2.37. The number of fused-ring (bicyclic) bond motifs is 1. The fraction of sp³-hybridized carbons (Fsp3) is 0.652. The molecule has 0 unspecified atom stereocenters. The zero-order chi connectivity index (χ0) is 19.5. The van der Waals surface area contributed by atoms with Gasteiger partial charge in [-0.05, 0) is 50.2 Å². The van der Waals surface area contributed by atoms with Crippen molar-refractivity contribution in [3.8, 4) is 0 Å². The van der Waals surface area contributed by atoms with Crippen LogP contribution in [-0.4, -0.2) is 35.1 Å². The highest BCUT2D eigenvalue weighted by atomic mass is 16.1. The Bertz CT molecular complexity index is 806. The number of nitrogens with zero attached hydrogens (tertiary/aromatic N) is 3. The molecule has 5 heteroatoms. The molecule has 2 aliphatic rings. The van der Waals surface area contributed by atoms with Gasteiger partial charge in [-0.2, -0.15) is 0 Å². The molecule has 2 aromatic rings. The van der Waals surface area contributed by atoms with Crippen LogP contribution in [0.3, 0.4) is 0 Å². The van der Waals surface area contributed by atoms with Crippen LogP contribution in [0.5, 0.6) is 0 Å². The lowest BCUT2D eigenvalue weighted by atomic mass is 9.97. The Balaban J connectivity index is 1.54. The van der Waals surface area contributed by atoms with E-state index in [4.69, 9.17) is 4.98 Å². The smallest absolute Gasteiger partial charge is 0.224 e. The van der Waals surface area contributed by atoms with Crippen LogP contribution in [0.2, 0.25) is 0 Å². The molecule has 0 bridgehead atoms. The van der Waals surface area contributed by atoms with E-state index < -0.39 is 0 Å². The predicted molar refractivity (Wildman–Crippen MR) is 115 cm³/mol. The summed E-state index contributed by atoms with van der Waals surface area (Å²) in [5, 5.41) is 3.16. The van der Waals surface area contributed by atoms with Crippen LogP contribution in [0.25, 0.3) is 11.0 Å². The van der Waals surface area contributed by atoms with Gasteiger partial charge in [0.25, 0.3) is 0 Å². The number of piperidine rings is 1. The number of imidazole rings is 1. The number of amides is 1. The van der Waals surface area contributed by atoms with Crippen molar-refractivity contribution in [2.45, 2.75) is 64.8 Å². The highest BCUT2D eigenvalue weighted by Gasteiger charge is 2.30. The summed E-state index contributed by atoms with van der Waals surface area (Å²) < 4.78 is 2.47. The largest absolute Gasteiger partial charge is 0.356 e. The Hall–Kier alpha value is -2.04. The standard InChI is InChI=1S/C23H34N4O/c1-17(2)13-14-24-22(28)18-8-7-15-26(16-18)23-25-20-11-5-6-12-21(20)27(23)19-9-3-4-10-19/h5-6,11-12,17-19H,3-4,7-10,13-16H2,1-2H3,(H,24,28)/t18-/m1/s1. The van der Waals surface area contributed by atoms with Crippen LogP contribution in [0.1, 0.15) is 64.8 Å². The topological polar surface area (TPSA) is 50.2 Å². The van der Waals surface area contributed by atoms with E-state index in [0.717, 1.165) is 50.4 Å². The van der Waals surface area contributed by atoms with Gasteiger partial charge < -0.3 is 14.8 Å². The molecule has 1 amide bonds. The van der Waals surface area contributed by atoms with E-state index in [1.807, 2.05) is 0 Å². The minimum absolute atomic E-state index is 0.0674. The number of para-hydroxylation sites is 2. The Labute approximate surface area is 168 Å². The van der Waals surface area contributed by atoms with Crippen LogP contribution in [0.15, 0.2) is 24.3 Å². The number of carbonyl (C=O) groups is 1. The third kappa shape index (κ3) is 4.03. The fourth-order valence-electron chi connectivity index (χ4n) is 4.78. The first-order valence-electron chi connectivity index (χ1n) is 11.1. The second kappa shape index (κ2) is 8.54. The number of benzene rings is 1. The molecule has 0 spiro atoms. The normalized spacial score (nSPS) is 21.0. The summed E-state index contributed by atoms with van der Waals surface area (Å²) in [4.78, 5) is 20.1. The minimum Gasteiger partial charge on any atom is -0.356 e.